The molecular formula is C28H44N2OS. The van der Waals surface area contributed by atoms with Crippen LogP contribution in [0, 0.1) is 5.92 Å². The van der Waals surface area contributed by atoms with Crippen molar-refractivity contribution in [1.29, 1.82) is 0 Å². The lowest BCUT2D eigenvalue weighted by Gasteiger charge is -2.30. The van der Waals surface area contributed by atoms with Crippen LogP contribution in [0.1, 0.15) is 121 Å². The Morgan fingerprint density at radius 3 is 2.41 bits per heavy atom. The van der Waals surface area contributed by atoms with Crippen LogP contribution in [0.5, 0.6) is 5.75 Å². The fourth-order valence-electron chi connectivity index (χ4n) is 4.99. The molecule has 3 rings (SSSR count). The molecule has 2 aromatic rings. The molecule has 4 heteroatoms. The van der Waals surface area contributed by atoms with Crippen molar-refractivity contribution >= 4 is 11.3 Å². The zero-order valence-corrected chi connectivity index (χ0v) is 21.5. The first-order chi connectivity index (χ1) is 15.7. The van der Waals surface area contributed by atoms with Gasteiger partial charge in [-0.1, -0.05) is 77.1 Å². The summed E-state index contributed by atoms with van der Waals surface area (Å²) in [6, 6.07) is 6.69. The molecule has 32 heavy (non-hydrogen) atoms. The SMILES string of the molecule is CCCCCCc1nnc(-c2ccc(OCCC)cc2C2CCC(CCCCC)CC2)s1. The van der Waals surface area contributed by atoms with E-state index in [1.807, 2.05) is 0 Å². The lowest BCUT2D eigenvalue weighted by Crippen LogP contribution is -2.14. The van der Waals surface area contributed by atoms with Gasteiger partial charge in [0.2, 0.25) is 0 Å². The van der Waals surface area contributed by atoms with Gasteiger partial charge in [0.15, 0.2) is 0 Å². The second kappa shape index (κ2) is 14.0. The molecule has 1 aromatic heterocycles. The molecule has 1 aliphatic carbocycles. The van der Waals surface area contributed by atoms with Gasteiger partial charge in [-0.25, -0.2) is 0 Å². The molecule has 0 unspecified atom stereocenters. The third-order valence-corrected chi connectivity index (χ3v) is 7.96. The van der Waals surface area contributed by atoms with Gasteiger partial charge < -0.3 is 4.74 Å². The average molecular weight is 457 g/mol. The van der Waals surface area contributed by atoms with Crippen LogP contribution >= 0.6 is 11.3 Å². The molecule has 0 aliphatic heterocycles. The van der Waals surface area contributed by atoms with Crippen molar-refractivity contribution in [1.82, 2.24) is 10.2 Å². The van der Waals surface area contributed by atoms with Gasteiger partial charge in [-0.2, -0.15) is 0 Å². The molecule has 0 amide bonds. The van der Waals surface area contributed by atoms with Crippen LogP contribution in [-0.2, 0) is 6.42 Å². The van der Waals surface area contributed by atoms with Gasteiger partial charge in [0.1, 0.15) is 15.8 Å². The first-order valence-corrected chi connectivity index (χ1v) is 14.2. The van der Waals surface area contributed by atoms with Crippen LogP contribution in [0.25, 0.3) is 10.6 Å². The average Bonchev–Trinajstić information content (AvgIpc) is 3.30. The largest absolute Gasteiger partial charge is 0.494 e. The Labute approximate surface area is 200 Å². The first kappa shape index (κ1) is 25.2. The van der Waals surface area contributed by atoms with E-state index >= 15 is 0 Å². The highest BCUT2D eigenvalue weighted by molar-refractivity contribution is 7.14. The second-order valence-corrected chi connectivity index (χ2v) is 10.7. The molecule has 1 aliphatic rings. The number of aromatic nitrogens is 2. The van der Waals surface area contributed by atoms with E-state index in [4.69, 9.17) is 4.74 Å². The van der Waals surface area contributed by atoms with E-state index in [0.29, 0.717) is 5.92 Å². The molecule has 0 saturated heterocycles. The van der Waals surface area contributed by atoms with E-state index in [2.05, 4.69) is 49.2 Å². The van der Waals surface area contributed by atoms with Gasteiger partial charge in [0.05, 0.1) is 6.61 Å². The van der Waals surface area contributed by atoms with E-state index in [-0.39, 0.29) is 0 Å². The Hall–Kier alpha value is -1.42. The van der Waals surface area contributed by atoms with Gasteiger partial charge >= 0.3 is 0 Å². The van der Waals surface area contributed by atoms with Gasteiger partial charge in [-0.05, 0) is 74.1 Å². The summed E-state index contributed by atoms with van der Waals surface area (Å²) in [7, 11) is 0. The third kappa shape index (κ3) is 7.57. The summed E-state index contributed by atoms with van der Waals surface area (Å²) in [6.07, 6.45) is 18.1. The molecule has 178 valence electrons. The molecule has 0 radical (unpaired) electrons. The molecule has 0 bridgehead atoms. The summed E-state index contributed by atoms with van der Waals surface area (Å²) in [4.78, 5) is 0. The van der Waals surface area contributed by atoms with E-state index in [1.54, 1.807) is 11.3 Å². The Morgan fingerprint density at radius 2 is 1.66 bits per heavy atom. The van der Waals surface area contributed by atoms with Crippen molar-refractivity contribution in [3.63, 3.8) is 0 Å². The van der Waals surface area contributed by atoms with E-state index < -0.39 is 0 Å². The smallest absolute Gasteiger partial charge is 0.148 e. The number of hydrogen-bond donors (Lipinski definition) is 0. The Bertz CT molecular complexity index is 779. The fraction of sp³-hybridized carbons (Fsp3) is 0.714. The zero-order valence-electron chi connectivity index (χ0n) is 20.7. The molecule has 1 aromatic carbocycles. The normalized spacial score (nSPS) is 18.7. The highest BCUT2D eigenvalue weighted by Gasteiger charge is 2.25. The fourth-order valence-corrected chi connectivity index (χ4v) is 5.92. The van der Waals surface area contributed by atoms with Gasteiger partial charge in [-0.3, -0.25) is 0 Å². The van der Waals surface area contributed by atoms with Gasteiger partial charge in [0.25, 0.3) is 0 Å². The highest BCUT2D eigenvalue weighted by atomic mass is 32.1. The van der Waals surface area contributed by atoms with Crippen molar-refractivity contribution in [2.45, 2.75) is 117 Å². The van der Waals surface area contributed by atoms with Crippen LogP contribution in [-0.4, -0.2) is 16.8 Å². The lowest BCUT2D eigenvalue weighted by molar-refractivity contribution is 0.300. The van der Waals surface area contributed by atoms with Crippen LogP contribution in [0.3, 0.4) is 0 Å². The number of nitrogens with zero attached hydrogens (tertiary/aromatic N) is 2. The number of benzene rings is 1. The maximum Gasteiger partial charge on any atom is 0.148 e. The summed E-state index contributed by atoms with van der Waals surface area (Å²) < 4.78 is 6.01. The van der Waals surface area contributed by atoms with Crippen LogP contribution in [0.2, 0.25) is 0 Å². The van der Waals surface area contributed by atoms with Crippen LogP contribution in [0.4, 0.5) is 0 Å². The van der Waals surface area contributed by atoms with E-state index in [9.17, 15) is 0 Å². The number of unbranched alkanes of at least 4 members (excludes halogenated alkanes) is 5. The van der Waals surface area contributed by atoms with Crippen molar-refractivity contribution in [2.75, 3.05) is 6.61 Å². The van der Waals surface area contributed by atoms with Crippen molar-refractivity contribution in [2.24, 2.45) is 5.92 Å². The molecule has 0 atom stereocenters. The Morgan fingerprint density at radius 1 is 0.875 bits per heavy atom. The Balaban J connectivity index is 1.72. The minimum Gasteiger partial charge on any atom is -0.494 e. The van der Waals surface area contributed by atoms with Crippen LogP contribution in [0.15, 0.2) is 18.2 Å². The molecule has 3 nitrogen and oxygen atoms in total. The number of rotatable bonds is 14. The quantitative estimate of drug-likeness (QED) is 0.266. The topological polar surface area (TPSA) is 35.0 Å². The van der Waals surface area contributed by atoms with Crippen molar-refractivity contribution < 1.29 is 4.74 Å². The summed E-state index contributed by atoms with van der Waals surface area (Å²) in [6.45, 7) is 7.51. The maximum absolute atomic E-state index is 6.01. The maximum atomic E-state index is 6.01. The zero-order chi connectivity index (χ0) is 22.6. The third-order valence-electron chi connectivity index (χ3n) is 6.94. The van der Waals surface area contributed by atoms with Crippen molar-refractivity contribution in [3.8, 4) is 16.3 Å². The molecule has 1 heterocycles. The number of hydrogen-bond acceptors (Lipinski definition) is 4. The second-order valence-electron chi connectivity index (χ2n) is 9.62. The van der Waals surface area contributed by atoms with Crippen LogP contribution < -0.4 is 4.74 Å². The summed E-state index contributed by atoms with van der Waals surface area (Å²) in [5.41, 5.74) is 2.74. The van der Waals surface area contributed by atoms with Gasteiger partial charge in [-0.15, -0.1) is 10.2 Å². The van der Waals surface area contributed by atoms with E-state index in [0.717, 1.165) is 36.1 Å². The Kier molecular flexibility index (Phi) is 11.0. The predicted molar refractivity (Wildman–Crippen MR) is 138 cm³/mol. The minimum atomic E-state index is 0.620. The molecule has 1 saturated carbocycles. The highest BCUT2D eigenvalue weighted by Crippen LogP contribution is 2.43. The minimum absolute atomic E-state index is 0.620. The molecule has 0 N–H and O–H groups in total. The predicted octanol–water partition coefficient (Wildman–Crippen LogP) is 8.97. The van der Waals surface area contributed by atoms with Gasteiger partial charge in [0, 0.05) is 12.0 Å². The molecule has 1 fully saturated rings. The lowest BCUT2D eigenvalue weighted by atomic mass is 9.76. The monoisotopic (exact) mass is 456 g/mol. The molecule has 0 spiro atoms. The van der Waals surface area contributed by atoms with Crippen molar-refractivity contribution in [3.05, 3.63) is 28.8 Å². The summed E-state index contributed by atoms with van der Waals surface area (Å²) >= 11 is 1.80. The summed E-state index contributed by atoms with van der Waals surface area (Å²) in [5, 5.41) is 11.4. The summed E-state index contributed by atoms with van der Waals surface area (Å²) in [5.74, 6) is 2.56. The van der Waals surface area contributed by atoms with E-state index in [1.165, 1.54) is 93.2 Å². The standard InChI is InChI=1S/C28H44N2OS/c1-4-7-9-11-13-27-29-30-28(32-27)25-19-18-24(31-20-6-3)21-26(25)23-16-14-22(15-17-23)12-10-8-5-2/h18-19,21-23H,4-17,20H2,1-3H3. The number of aryl methyl sites for hydroxylation is 1. The first-order valence-electron chi connectivity index (χ1n) is 13.3. The number of ether oxygens (including phenoxy) is 1. The molecular weight excluding hydrogens is 412 g/mol.